The largest absolute Gasteiger partial charge is 0.464 e. The number of hydrogen-bond donors (Lipinski definition) is 0. The van der Waals surface area contributed by atoms with Gasteiger partial charge in [0.1, 0.15) is 11.4 Å². The molecule has 2 aliphatic rings. The summed E-state index contributed by atoms with van der Waals surface area (Å²) < 4.78 is 5.76. The van der Waals surface area contributed by atoms with Crippen molar-refractivity contribution in [2.75, 3.05) is 19.6 Å². The maximum Gasteiger partial charge on any atom is 0.146 e. The average Bonchev–Trinajstić information content (AvgIpc) is 3.32. The lowest BCUT2D eigenvalue weighted by molar-refractivity contribution is -0.129. The van der Waals surface area contributed by atoms with Crippen LogP contribution in [0.2, 0.25) is 0 Å². The quantitative estimate of drug-likeness (QED) is 0.395. The number of Topliss-reactive ketones (excluding diaryl/α,β-unsaturated/α-hetero) is 1. The molecule has 0 spiro atoms. The maximum absolute atomic E-state index is 13.8. The summed E-state index contributed by atoms with van der Waals surface area (Å²) in [6, 6.07) is 18.8. The molecule has 3 aromatic rings. The zero-order valence-corrected chi connectivity index (χ0v) is 19.8. The Kier molecular flexibility index (Phi) is 6.50. The van der Waals surface area contributed by atoms with Gasteiger partial charge in [-0.3, -0.25) is 9.69 Å². The summed E-state index contributed by atoms with van der Waals surface area (Å²) in [5.41, 5.74) is 4.33. The van der Waals surface area contributed by atoms with E-state index in [0.29, 0.717) is 5.78 Å². The number of carbonyl (C=O) groups is 1. The predicted octanol–water partition coefficient (Wildman–Crippen LogP) is 7.02. The smallest absolute Gasteiger partial charge is 0.146 e. The number of nitrogens with zero attached hydrogens (tertiary/aromatic N) is 1. The van der Waals surface area contributed by atoms with Gasteiger partial charge in [-0.1, -0.05) is 73.9 Å². The van der Waals surface area contributed by atoms with Gasteiger partial charge in [0.05, 0.1) is 11.7 Å². The highest BCUT2D eigenvalue weighted by molar-refractivity contribution is 5.92. The van der Waals surface area contributed by atoms with Crippen LogP contribution >= 0.6 is 0 Å². The second-order valence-corrected chi connectivity index (χ2v) is 10.1. The fourth-order valence-electron chi connectivity index (χ4n) is 5.80. The predicted molar refractivity (Wildman–Crippen MR) is 135 cm³/mol. The van der Waals surface area contributed by atoms with Crippen molar-refractivity contribution in [3.05, 3.63) is 78.1 Å². The first-order valence-electron chi connectivity index (χ1n) is 12.6. The molecule has 3 nitrogen and oxygen atoms in total. The number of fused-ring (bicyclic) bond motifs is 1. The molecule has 0 N–H and O–H groups in total. The SMILES string of the molecule is CC(CCN1CC=C(c2coc3ccccc23)CC1)(C(=O)C1CCCCC1)c1ccccc1. The molecule has 1 fully saturated rings. The highest BCUT2D eigenvalue weighted by Gasteiger charge is 2.39. The molecule has 0 saturated heterocycles. The minimum atomic E-state index is -0.409. The molecule has 1 aliphatic heterocycles. The van der Waals surface area contributed by atoms with Crippen LogP contribution in [0.3, 0.4) is 0 Å². The highest BCUT2D eigenvalue weighted by Crippen LogP contribution is 2.37. The third-order valence-corrected chi connectivity index (χ3v) is 7.98. The van der Waals surface area contributed by atoms with Gasteiger partial charge >= 0.3 is 0 Å². The van der Waals surface area contributed by atoms with Crippen LogP contribution in [-0.4, -0.2) is 30.3 Å². The fourth-order valence-corrected chi connectivity index (χ4v) is 5.80. The molecule has 1 saturated carbocycles. The number of hydrogen-bond acceptors (Lipinski definition) is 3. The van der Waals surface area contributed by atoms with Crippen LogP contribution < -0.4 is 0 Å². The van der Waals surface area contributed by atoms with Crippen molar-refractivity contribution < 1.29 is 9.21 Å². The van der Waals surface area contributed by atoms with E-state index < -0.39 is 5.41 Å². The van der Waals surface area contributed by atoms with Crippen LogP contribution in [0.4, 0.5) is 0 Å². The summed E-state index contributed by atoms with van der Waals surface area (Å²) in [5.74, 6) is 0.692. The summed E-state index contributed by atoms with van der Waals surface area (Å²) in [6.45, 7) is 5.09. The van der Waals surface area contributed by atoms with E-state index in [1.54, 1.807) is 0 Å². The van der Waals surface area contributed by atoms with Crippen molar-refractivity contribution in [1.29, 1.82) is 0 Å². The van der Waals surface area contributed by atoms with Gasteiger partial charge in [0.25, 0.3) is 0 Å². The normalized spacial score (nSPS) is 19.8. The summed E-state index contributed by atoms with van der Waals surface area (Å²) >= 11 is 0. The van der Waals surface area contributed by atoms with Crippen molar-refractivity contribution in [3.63, 3.8) is 0 Å². The molecule has 0 amide bonds. The molecule has 1 aromatic heterocycles. The van der Waals surface area contributed by atoms with Gasteiger partial charge in [-0.05, 0) is 56.4 Å². The van der Waals surface area contributed by atoms with Crippen molar-refractivity contribution in [3.8, 4) is 0 Å². The zero-order chi connectivity index (χ0) is 22.7. The lowest BCUT2D eigenvalue weighted by Gasteiger charge is -2.36. The van der Waals surface area contributed by atoms with Gasteiger partial charge in [0.2, 0.25) is 0 Å². The number of rotatable bonds is 7. The van der Waals surface area contributed by atoms with E-state index in [9.17, 15) is 4.79 Å². The Hall–Kier alpha value is -2.65. The van der Waals surface area contributed by atoms with Crippen molar-refractivity contribution in [1.82, 2.24) is 4.90 Å². The molecule has 1 aliphatic carbocycles. The Labute approximate surface area is 197 Å². The first-order valence-corrected chi connectivity index (χ1v) is 12.6. The summed E-state index contributed by atoms with van der Waals surface area (Å²) in [6.07, 6.45) is 12.0. The molecule has 1 unspecified atom stereocenters. The monoisotopic (exact) mass is 441 g/mol. The topological polar surface area (TPSA) is 33.5 Å². The Morgan fingerprint density at radius 3 is 2.55 bits per heavy atom. The second-order valence-electron chi connectivity index (χ2n) is 10.1. The van der Waals surface area contributed by atoms with E-state index in [4.69, 9.17) is 4.42 Å². The first kappa shape index (κ1) is 22.2. The molecule has 5 rings (SSSR count). The average molecular weight is 442 g/mol. The Bertz CT molecular complexity index is 1120. The summed E-state index contributed by atoms with van der Waals surface area (Å²) in [5, 5.41) is 1.20. The minimum absolute atomic E-state index is 0.228. The van der Waals surface area contributed by atoms with Gasteiger partial charge in [-0.15, -0.1) is 0 Å². The van der Waals surface area contributed by atoms with Crippen LogP contribution in [0, 0.1) is 5.92 Å². The Morgan fingerprint density at radius 1 is 1.03 bits per heavy atom. The molecule has 2 aromatic carbocycles. The molecule has 2 heterocycles. The summed E-state index contributed by atoms with van der Waals surface area (Å²) in [7, 11) is 0. The van der Waals surface area contributed by atoms with Crippen LogP contribution in [-0.2, 0) is 10.2 Å². The first-order chi connectivity index (χ1) is 16.1. The van der Waals surface area contributed by atoms with Gasteiger partial charge in [0, 0.05) is 30.0 Å². The molecule has 0 bridgehead atoms. The summed E-state index contributed by atoms with van der Waals surface area (Å²) in [4.78, 5) is 16.3. The molecule has 172 valence electrons. The van der Waals surface area contributed by atoms with E-state index in [-0.39, 0.29) is 5.92 Å². The Balaban J connectivity index is 1.29. The van der Waals surface area contributed by atoms with Crippen LogP contribution in [0.15, 0.2) is 71.4 Å². The standard InChI is InChI=1S/C30H35NO2/c1-30(25-12-6-3-7-13-25,29(32)24-10-4-2-5-11-24)18-21-31-19-16-23(17-20-31)27-22-33-28-15-9-8-14-26(27)28/h3,6-9,12-16,22,24H,2,4-5,10-11,17-21H2,1H3. The molecule has 33 heavy (non-hydrogen) atoms. The Morgan fingerprint density at radius 2 is 1.79 bits per heavy atom. The number of ketones is 1. The lowest BCUT2D eigenvalue weighted by atomic mass is 9.69. The van der Waals surface area contributed by atoms with E-state index in [2.05, 4.69) is 54.3 Å². The van der Waals surface area contributed by atoms with Crippen molar-refractivity contribution >= 4 is 22.3 Å². The van der Waals surface area contributed by atoms with Crippen LogP contribution in [0.5, 0.6) is 0 Å². The molecular formula is C30H35NO2. The van der Waals surface area contributed by atoms with Gasteiger partial charge < -0.3 is 4.42 Å². The van der Waals surface area contributed by atoms with Gasteiger partial charge in [-0.25, -0.2) is 0 Å². The molecule has 1 atom stereocenters. The van der Waals surface area contributed by atoms with E-state index in [1.165, 1.54) is 41.3 Å². The van der Waals surface area contributed by atoms with Crippen molar-refractivity contribution in [2.45, 2.75) is 57.3 Å². The number of para-hydroxylation sites is 1. The van der Waals surface area contributed by atoms with E-state index >= 15 is 0 Å². The van der Waals surface area contributed by atoms with Crippen molar-refractivity contribution in [2.24, 2.45) is 5.92 Å². The van der Waals surface area contributed by atoms with E-state index in [0.717, 1.165) is 50.9 Å². The highest BCUT2D eigenvalue weighted by atomic mass is 16.3. The zero-order valence-electron chi connectivity index (χ0n) is 19.8. The maximum atomic E-state index is 13.8. The second kappa shape index (κ2) is 9.69. The molecule has 0 radical (unpaired) electrons. The van der Waals surface area contributed by atoms with Gasteiger partial charge in [0.15, 0.2) is 0 Å². The number of furan rings is 1. The minimum Gasteiger partial charge on any atom is -0.464 e. The fraction of sp³-hybridized carbons (Fsp3) is 0.433. The van der Waals surface area contributed by atoms with E-state index in [1.807, 2.05) is 24.5 Å². The molecule has 3 heteroatoms. The molecular weight excluding hydrogens is 406 g/mol. The van der Waals surface area contributed by atoms with Crippen LogP contribution in [0.25, 0.3) is 16.5 Å². The number of carbonyl (C=O) groups excluding carboxylic acids is 1. The lowest BCUT2D eigenvalue weighted by Crippen LogP contribution is -2.42. The number of benzene rings is 2. The van der Waals surface area contributed by atoms with Gasteiger partial charge in [-0.2, -0.15) is 0 Å². The third-order valence-electron chi connectivity index (χ3n) is 7.98. The van der Waals surface area contributed by atoms with Crippen LogP contribution in [0.1, 0.15) is 63.0 Å². The third kappa shape index (κ3) is 4.56.